The van der Waals surface area contributed by atoms with Crippen LogP contribution in [0.5, 0.6) is 0 Å². The molecule has 0 heterocycles. The number of unbranched alkanes of at least 4 members (excludes halogenated alkanes) is 2. The van der Waals surface area contributed by atoms with Gasteiger partial charge in [-0.3, -0.25) is 0 Å². The van der Waals surface area contributed by atoms with Crippen LogP contribution in [-0.2, 0) is 5.41 Å². The standard InChI is InChI=1S/C25H31/c1-2-3-7-14-24-15-18-25(19-16-24,20-17-24)23-12-10-22(11-13-23)21-8-5-4-6-9-21/h5-6,8-13H,2-3,7,14-20H2,1H3. The fourth-order valence-electron chi connectivity index (χ4n) is 5.42. The summed E-state index contributed by atoms with van der Waals surface area (Å²) in [6, 6.07) is 20.9. The summed E-state index contributed by atoms with van der Waals surface area (Å²) in [4.78, 5) is 0. The predicted octanol–water partition coefficient (Wildman–Crippen LogP) is 7.33. The maximum absolute atomic E-state index is 3.11. The first-order valence-electron chi connectivity index (χ1n) is 10.3. The smallest absolute Gasteiger partial charge is 0.00463 e. The topological polar surface area (TPSA) is 0 Å². The molecule has 3 aliphatic carbocycles. The van der Waals surface area contributed by atoms with E-state index >= 15 is 0 Å². The van der Waals surface area contributed by atoms with E-state index in [-0.39, 0.29) is 0 Å². The van der Waals surface area contributed by atoms with Crippen LogP contribution in [0.1, 0.15) is 76.7 Å². The first kappa shape index (κ1) is 16.9. The van der Waals surface area contributed by atoms with Crippen LogP contribution in [0.3, 0.4) is 0 Å². The van der Waals surface area contributed by atoms with E-state index in [1.54, 1.807) is 5.56 Å². The zero-order valence-electron chi connectivity index (χ0n) is 15.7. The molecule has 3 saturated carbocycles. The molecule has 0 N–H and O–H groups in total. The van der Waals surface area contributed by atoms with Crippen molar-refractivity contribution in [3.05, 3.63) is 60.2 Å². The van der Waals surface area contributed by atoms with Gasteiger partial charge in [0.15, 0.2) is 0 Å². The van der Waals surface area contributed by atoms with Crippen molar-refractivity contribution in [1.29, 1.82) is 0 Å². The van der Waals surface area contributed by atoms with Crippen molar-refractivity contribution in [2.45, 2.75) is 76.5 Å². The number of fused-ring (bicyclic) bond motifs is 3. The number of hydrogen-bond acceptors (Lipinski definition) is 0. The molecule has 3 aliphatic rings. The van der Waals surface area contributed by atoms with Gasteiger partial charge in [-0.1, -0.05) is 74.7 Å². The SMILES string of the molecule is CCCCCC12CCC(c3ccc(-c4cc[c]cc4)cc3)(CC1)CC2. The Balaban J connectivity index is 1.47. The monoisotopic (exact) mass is 331 g/mol. The Hall–Kier alpha value is -1.56. The van der Waals surface area contributed by atoms with Gasteiger partial charge in [0.2, 0.25) is 0 Å². The first-order chi connectivity index (χ1) is 12.3. The molecular weight excluding hydrogens is 300 g/mol. The van der Waals surface area contributed by atoms with E-state index in [1.165, 1.54) is 75.3 Å². The van der Waals surface area contributed by atoms with E-state index in [2.05, 4.69) is 49.4 Å². The van der Waals surface area contributed by atoms with Crippen molar-refractivity contribution in [3.8, 4) is 11.1 Å². The molecule has 0 aliphatic heterocycles. The Kier molecular flexibility index (Phi) is 4.71. The van der Waals surface area contributed by atoms with Crippen LogP contribution in [0, 0.1) is 11.5 Å². The Labute approximate surface area is 153 Å². The van der Waals surface area contributed by atoms with Gasteiger partial charge >= 0.3 is 0 Å². The minimum Gasteiger partial charge on any atom is -0.0654 e. The van der Waals surface area contributed by atoms with Gasteiger partial charge in [-0.2, -0.15) is 0 Å². The van der Waals surface area contributed by atoms with Crippen LogP contribution < -0.4 is 0 Å². The lowest BCUT2D eigenvalue weighted by molar-refractivity contribution is 0.0305. The molecule has 0 atom stereocenters. The molecule has 0 spiro atoms. The third kappa shape index (κ3) is 3.28. The fraction of sp³-hybridized carbons (Fsp3) is 0.520. The minimum absolute atomic E-state index is 0.482. The number of rotatable bonds is 6. The van der Waals surface area contributed by atoms with Crippen molar-refractivity contribution in [1.82, 2.24) is 0 Å². The van der Waals surface area contributed by atoms with Gasteiger partial charge in [0.1, 0.15) is 0 Å². The van der Waals surface area contributed by atoms with Gasteiger partial charge in [0.25, 0.3) is 0 Å². The summed E-state index contributed by atoms with van der Waals surface area (Å²) >= 11 is 0. The average Bonchev–Trinajstić information content (AvgIpc) is 2.70. The van der Waals surface area contributed by atoms with E-state index in [4.69, 9.17) is 0 Å². The maximum Gasteiger partial charge on any atom is -0.00463 e. The Morgan fingerprint density at radius 1 is 0.760 bits per heavy atom. The third-order valence-corrected chi connectivity index (χ3v) is 7.26. The highest BCUT2D eigenvalue weighted by atomic mass is 14.5. The summed E-state index contributed by atoms with van der Waals surface area (Å²) in [7, 11) is 0. The Morgan fingerprint density at radius 2 is 1.36 bits per heavy atom. The molecule has 0 unspecified atom stereocenters. The van der Waals surface area contributed by atoms with Gasteiger partial charge in [0, 0.05) is 0 Å². The second-order valence-electron chi connectivity index (χ2n) is 8.60. The molecule has 0 amide bonds. The van der Waals surface area contributed by atoms with E-state index in [0.717, 1.165) is 0 Å². The number of benzene rings is 2. The van der Waals surface area contributed by atoms with Gasteiger partial charge in [-0.25, -0.2) is 0 Å². The molecule has 25 heavy (non-hydrogen) atoms. The number of hydrogen-bond donors (Lipinski definition) is 0. The highest BCUT2D eigenvalue weighted by molar-refractivity contribution is 5.63. The van der Waals surface area contributed by atoms with Crippen molar-refractivity contribution in [3.63, 3.8) is 0 Å². The molecule has 0 heteroatoms. The van der Waals surface area contributed by atoms with Crippen LogP contribution in [-0.4, -0.2) is 0 Å². The van der Waals surface area contributed by atoms with Crippen molar-refractivity contribution >= 4 is 0 Å². The molecule has 2 aromatic carbocycles. The van der Waals surface area contributed by atoms with Crippen LogP contribution in [0.15, 0.2) is 48.5 Å². The van der Waals surface area contributed by atoms with Crippen LogP contribution in [0.2, 0.25) is 0 Å². The van der Waals surface area contributed by atoms with Crippen LogP contribution >= 0.6 is 0 Å². The Morgan fingerprint density at radius 3 is 1.96 bits per heavy atom. The Bertz CT molecular complexity index is 655. The summed E-state index contributed by atoms with van der Waals surface area (Å²) in [5, 5.41) is 0. The van der Waals surface area contributed by atoms with E-state index in [0.29, 0.717) is 10.8 Å². The largest absolute Gasteiger partial charge is 0.0654 e. The highest BCUT2D eigenvalue weighted by Crippen LogP contribution is 2.59. The second kappa shape index (κ2) is 6.98. The lowest BCUT2D eigenvalue weighted by atomic mass is 9.51. The lowest BCUT2D eigenvalue weighted by Gasteiger charge is -2.54. The average molecular weight is 332 g/mol. The second-order valence-corrected chi connectivity index (χ2v) is 8.60. The normalized spacial score (nSPS) is 28.2. The molecule has 2 bridgehead atoms. The molecule has 0 saturated heterocycles. The molecule has 0 aromatic heterocycles. The van der Waals surface area contributed by atoms with E-state index < -0.39 is 0 Å². The fourth-order valence-corrected chi connectivity index (χ4v) is 5.42. The molecule has 131 valence electrons. The molecule has 1 radical (unpaired) electrons. The summed E-state index contributed by atoms with van der Waals surface area (Å²) in [6.45, 7) is 2.32. The zero-order valence-corrected chi connectivity index (χ0v) is 15.7. The molecule has 2 aromatic rings. The summed E-state index contributed by atoms with van der Waals surface area (Å²) in [5.41, 5.74) is 5.41. The van der Waals surface area contributed by atoms with Gasteiger partial charge < -0.3 is 0 Å². The van der Waals surface area contributed by atoms with Crippen molar-refractivity contribution in [2.24, 2.45) is 5.41 Å². The third-order valence-electron chi connectivity index (χ3n) is 7.26. The molecule has 0 nitrogen and oxygen atoms in total. The quantitative estimate of drug-likeness (QED) is 0.486. The lowest BCUT2D eigenvalue weighted by Crippen LogP contribution is -2.44. The van der Waals surface area contributed by atoms with Crippen LogP contribution in [0.4, 0.5) is 0 Å². The summed E-state index contributed by atoms with van der Waals surface area (Å²) in [6.07, 6.45) is 14.4. The highest BCUT2D eigenvalue weighted by Gasteiger charge is 2.48. The van der Waals surface area contributed by atoms with Crippen molar-refractivity contribution < 1.29 is 0 Å². The predicted molar refractivity (Wildman–Crippen MR) is 107 cm³/mol. The van der Waals surface area contributed by atoms with Gasteiger partial charge in [-0.15, -0.1) is 0 Å². The molecule has 3 fully saturated rings. The minimum atomic E-state index is 0.482. The van der Waals surface area contributed by atoms with Crippen LogP contribution in [0.25, 0.3) is 11.1 Å². The summed E-state index contributed by atoms with van der Waals surface area (Å²) < 4.78 is 0. The maximum atomic E-state index is 3.11. The van der Waals surface area contributed by atoms with Gasteiger partial charge in [0.05, 0.1) is 0 Å². The summed E-state index contributed by atoms with van der Waals surface area (Å²) in [5.74, 6) is 0. The zero-order chi connectivity index (χ0) is 17.2. The first-order valence-corrected chi connectivity index (χ1v) is 10.3. The van der Waals surface area contributed by atoms with Gasteiger partial charge in [-0.05, 0) is 78.5 Å². The van der Waals surface area contributed by atoms with E-state index in [1.807, 2.05) is 12.1 Å². The molecular formula is C25H31. The van der Waals surface area contributed by atoms with Crippen molar-refractivity contribution in [2.75, 3.05) is 0 Å². The molecule has 5 rings (SSSR count). The van der Waals surface area contributed by atoms with E-state index in [9.17, 15) is 0 Å².